The quantitative estimate of drug-likeness (QED) is 0.501. The molecule has 5 nitrogen and oxygen atoms in total. The number of hydrogen-bond donors (Lipinski definition) is 1. The molecule has 0 saturated carbocycles. The Morgan fingerprint density at radius 1 is 0.889 bits per heavy atom. The van der Waals surface area contributed by atoms with Crippen LogP contribution in [0.4, 0.5) is 0 Å². The number of benzene rings is 3. The van der Waals surface area contributed by atoms with Gasteiger partial charge in [-0.3, -0.25) is 9.59 Å². The Balaban J connectivity index is 1.11. The van der Waals surface area contributed by atoms with E-state index in [9.17, 15) is 9.59 Å². The van der Waals surface area contributed by atoms with E-state index in [1.54, 1.807) is 4.90 Å². The Labute approximate surface area is 214 Å². The molecule has 2 amide bonds. The van der Waals surface area contributed by atoms with Gasteiger partial charge in [-0.1, -0.05) is 78.9 Å². The second kappa shape index (κ2) is 11.1. The van der Waals surface area contributed by atoms with E-state index in [1.807, 2.05) is 31.2 Å². The van der Waals surface area contributed by atoms with Crippen LogP contribution >= 0.6 is 0 Å². The lowest BCUT2D eigenvalue weighted by atomic mass is 9.88. The standard InChI is InChI=1S/C31H35N3O2/c1-23(34-22-26-14-8-9-15-29(26)31(34)36)30(35)32-27-16-19-33(20-17-27)21-18-28(24-10-4-2-5-11-24)25-12-6-3-7-13-25/h2-15,23,27-28H,16-22H2,1H3,(H,32,35). The SMILES string of the molecule is CC(C(=O)NC1CCN(CCC(c2ccccc2)c2ccccc2)CC1)N1Cc2ccccc2C1=O. The third kappa shape index (κ3) is 5.36. The number of amides is 2. The number of carbonyl (C=O) groups is 2. The van der Waals surface area contributed by atoms with Crippen molar-refractivity contribution in [2.24, 2.45) is 0 Å². The zero-order chi connectivity index (χ0) is 24.9. The van der Waals surface area contributed by atoms with Gasteiger partial charge in [0, 0.05) is 37.2 Å². The number of carbonyl (C=O) groups excluding carboxylic acids is 2. The Hall–Kier alpha value is -3.44. The maximum Gasteiger partial charge on any atom is 0.255 e. The average molecular weight is 482 g/mol. The summed E-state index contributed by atoms with van der Waals surface area (Å²) in [5.41, 5.74) is 4.44. The highest BCUT2D eigenvalue weighted by molar-refractivity contribution is 6.01. The molecule has 3 aromatic rings. The maximum absolute atomic E-state index is 13.0. The topological polar surface area (TPSA) is 52.7 Å². The Bertz CT molecular complexity index is 1130. The van der Waals surface area contributed by atoms with Crippen molar-refractivity contribution < 1.29 is 9.59 Å². The normalized spacial score (nSPS) is 17.3. The monoisotopic (exact) mass is 481 g/mol. The highest BCUT2D eigenvalue weighted by atomic mass is 16.2. The van der Waals surface area contributed by atoms with Crippen LogP contribution in [-0.4, -0.2) is 53.3 Å². The van der Waals surface area contributed by atoms with E-state index in [0.29, 0.717) is 12.5 Å². The molecule has 0 bridgehead atoms. The number of piperidine rings is 1. The van der Waals surface area contributed by atoms with Crippen LogP contribution in [0, 0.1) is 0 Å². The van der Waals surface area contributed by atoms with Crippen LogP contribution in [0.1, 0.15) is 59.2 Å². The first kappa shape index (κ1) is 24.3. The second-order valence-electron chi connectivity index (χ2n) is 10.1. The Morgan fingerprint density at radius 2 is 1.47 bits per heavy atom. The predicted molar refractivity (Wildman–Crippen MR) is 143 cm³/mol. The summed E-state index contributed by atoms with van der Waals surface area (Å²) in [5.74, 6) is 0.282. The zero-order valence-corrected chi connectivity index (χ0v) is 21.0. The van der Waals surface area contributed by atoms with Crippen molar-refractivity contribution in [3.05, 3.63) is 107 Å². The maximum atomic E-state index is 13.0. The summed E-state index contributed by atoms with van der Waals surface area (Å²) >= 11 is 0. The fourth-order valence-corrected chi connectivity index (χ4v) is 5.56. The van der Waals surface area contributed by atoms with Gasteiger partial charge in [-0.2, -0.15) is 0 Å². The van der Waals surface area contributed by atoms with Gasteiger partial charge in [0.2, 0.25) is 5.91 Å². The van der Waals surface area contributed by atoms with Crippen LogP contribution in [0.15, 0.2) is 84.9 Å². The van der Waals surface area contributed by atoms with E-state index < -0.39 is 6.04 Å². The first-order valence-electron chi connectivity index (χ1n) is 13.1. The molecule has 1 fully saturated rings. The van der Waals surface area contributed by atoms with E-state index in [0.717, 1.165) is 50.0 Å². The molecule has 0 spiro atoms. The van der Waals surface area contributed by atoms with E-state index >= 15 is 0 Å². The number of fused-ring (bicyclic) bond motifs is 1. The third-order valence-corrected chi connectivity index (χ3v) is 7.77. The summed E-state index contributed by atoms with van der Waals surface area (Å²) in [6.07, 6.45) is 2.95. The summed E-state index contributed by atoms with van der Waals surface area (Å²) in [6.45, 7) is 5.33. The van der Waals surface area contributed by atoms with Crippen LogP contribution in [-0.2, 0) is 11.3 Å². The van der Waals surface area contributed by atoms with E-state index in [-0.39, 0.29) is 17.9 Å². The van der Waals surface area contributed by atoms with Crippen LogP contribution in [0.3, 0.4) is 0 Å². The molecule has 5 heteroatoms. The molecule has 186 valence electrons. The van der Waals surface area contributed by atoms with Crippen LogP contribution in [0.2, 0.25) is 0 Å². The molecular weight excluding hydrogens is 446 g/mol. The average Bonchev–Trinajstić information content (AvgIpc) is 3.27. The highest BCUT2D eigenvalue weighted by Crippen LogP contribution is 2.29. The molecule has 3 aromatic carbocycles. The lowest BCUT2D eigenvalue weighted by Gasteiger charge is -2.34. The fourth-order valence-electron chi connectivity index (χ4n) is 5.56. The molecule has 5 rings (SSSR count). The van der Waals surface area contributed by atoms with Crippen LogP contribution < -0.4 is 5.32 Å². The Morgan fingerprint density at radius 3 is 2.08 bits per heavy atom. The minimum Gasteiger partial charge on any atom is -0.351 e. The highest BCUT2D eigenvalue weighted by Gasteiger charge is 2.34. The summed E-state index contributed by atoms with van der Waals surface area (Å²) in [5, 5.41) is 3.22. The van der Waals surface area contributed by atoms with Gasteiger partial charge in [0.25, 0.3) is 5.91 Å². The molecule has 2 heterocycles. The minimum atomic E-state index is -0.472. The third-order valence-electron chi connectivity index (χ3n) is 7.77. The number of likely N-dealkylation sites (tertiary alicyclic amines) is 1. The molecule has 36 heavy (non-hydrogen) atoms. The summed E-state index contributed by atoms with van der Waals surface area (Å²) in [6, 6.07) is 28.8. The van der Waals surface area contributed by atoms with Crippen molar-refractivity contribution in [2.75, 3.05) is 19.6 Å². The van der Waals surface area contributed by atoms with Gasteiger partial charge in [0.15, 0.2) is 0 Å². The molecule has 0 aromatic heterocycles. The smallest absolute Gasteiger partial charge is 0.255 e. The number of nitrogens with zero attached hydrogens (tertiary/aromatic N) is 2. The van der Waals surface area contributed by atoms with E-state index in [2.05, 4.69) is 70.9 Å². The molecule has 2 aliphatic rings. The van der Waals surface area contributed by atoms with Crippen molar-refractivity contribution in [2.45, 2.75) is 50.7 Å². The first-order valence-corrected chi connectivity index (χ1v) is 13.1. The molecule has 1 N–H and O–H groups in total. The lowest BCUT2D eigenvalue weighted by Crippen LogP contribution is -2.51. The molecule has 2 aliphatic heterocycles. The van der Waals surface area contributed by atoms with Crippen molar-refractivity contribution >= 4 is 11.8 Å². The van der Waals surface area contributed by atoms with Crippen molar-refractivity contribution in [1.82, 2.24) is 15.1 Å². The van der Waals surface area contributed by atoms with Crippen molar-refractivity contribution in [3.8, 4) is 0 Å². The summed E-state index contributed by atoms with van der Waals surface area (Å²) in [7, 11) is 0. The minimum absolute atomic E-state index is 0.0468. The number of nitrogens with one attached hydrogen (secondary N) is 1. The van der Waals surface area contributed by atoms with Gasteiger partial charge in [-0.25, -0.2) is 0 Å². The van der Waals surface area contributed by atoms with Gasteiger partial charge >= 0.3 is 0 Å². The van der Waals surface area contributed by atoms with Gasteiger partial charge in [-0.15, -0.1) is 0 Å². The van der Waals surface area contributed by atoms with Gasteiger partial charge in [-0.05, 0) is 55.5 Å². The molecular formula is C31H35N3O2. The van der Waals surface area contributed by atoms with E-state index in [4.69, 9.17) is 0 Å². The molecule has 1 atom stereocenters. The molecule has 1 saturated heterocycles. The van der Waals surface area contributed by atoms with Crippen molar-refractivity contribution in [1.29, 1.82) is 0 Å². The van der Waals surface area contributed by atoms with E-state index in [1.165, 1.54) is 11.1 Å². The number of hydrogen-bond acceptors (Lipinski definition) is 3. The molecule has 0 radical (unpaired) electrons. The Kier molecular flexibility index (Phi) is 7.47. The molecule has 1 unspecified atom stereocenters. The first-order chi connectivity index (χ1) is 17.6. The lowest BCUT2D eigenvalue weighted by molar-refractivity contribution is -0.126. The van der Waals surface area contributed by atoms with Crippen LogP contribution in [0.25, 0.3) is 0 Å². The fraction of sp³-hybridized carbons (Fsp3) is 0.355. The van der Waals surface area contributed by atoms with Crippen LogP contribution in [0.5, 0.6) is 0 Å². The largest absolute Gasteiger partial charge is 0.351 e. The van der Waals surface area contributed by atoms with Crippen molar-refractivity contribution in [3.63, 3.8) is 0 Å². The molecule has 0 aliphatic carbocycles. The predicted octanol–water partition coefficient (Wildman–Crippen LogP) is 4.83. The van der Waals surface area contributed by atoms with Gasteiger partial charge in [0.1, 0.15) is 6.04 Å². The summed E-state index contributed by atoms with van der Waals surface area (Å²) in [4.78, 5) is 29.9. The van der Waals surface area contributed by atoms with Gasteiger partial charge in [0.05, 0.1) is 0 Å². The zero-order valence-electron chi connectivity index (χ0n) is 21.0. The van der Waals surface area contributed by atoms with Gasteiger partial charge < -0.3 is 15.1 Å². The number of rotatable bonds is 8. The summed E-state index contributed by atoms with van der Waals surface area (Å²) < 4.78 is 0. The second-order valence-corrected chi connectivity index (χ2v) is 10.1.